The van der Waals surface area contributed by atoms with Crippen molar-refractivity contribution < 1.29 is 45.2 Å². The van der Waals surface area contributed by atoms with Gasteiger partial charge in [-0.3, -0.25) is 0 Å². The molecular formula is C36H60O9. The molecule has 0 radical (unpaired) electrons. The summed E-state index contributed by atoms with van der Waals surface area (Å²) in [6.45, 7) is 13.3. The lowest BCUT2D eigenvalue weighted by molar-refractivity contribution is -0.299. The molecule has 6 fully saturated rings. The van der Waals surface area contributed by atoms with E-state index in [1.807, 2.05) is 6.92 Å². The maximum absolute atomic E-state index is 11.7. The number of fused-ring (bicyclic) bond motifs is 2. The third-order valence-corrected chi connectivity index (χ3v) is 15.2. The van der Waals surface area contributed by atoms with Crippen LogP contribution in [-0.2, 0) is 9.47 Å². The summed E-state index contributed by atoms with van der Waals surface area (Å²) >= 11 is 0. The summed E-state index contributed by atoms with van der Waals surface area (Å²) < 4.78 is 11.2. The lowest BCUT2D eigenvalue weighted by Gasteiger charge is -2.63. The van der Waals surface area contributed by atoms with Gasteiger partial charge in [0.1, 0.15) is 24.4 Å². The molecule has 258 valence electrons. The van der Waals surface area contributed by atoms with Gasteiger partial charge in [0, 0.05) is 11.8 Å². The Bertz CT molecular complexity index is 1140. The Hall–Kier alpha value is -0.620. The Kier molecular flexibility index (Phi) is 8.74. The van der Waals surface area contributed by atoms with Gasteiger partial charge in [0.2, 0.25) is 0 Å². The first-order valence-corrected chi connectivity index (χ1v) is 17.6. The molecule has 1 aliphatic heterocycles. The largest absolute Gasteiger partial charge is 0.394 e. The van der Waals surface area contributed by atoms with Crippen molar-refractivity contribution in [3.63, 3.8) is 0 Å². The predicted octanol–water partition coefficient (Wildman–Crippen LogP) is 2.91. The van der Waals surface area contributed by atoms with Crippen LogP contribution in [0.5, 0.6) is 0 Å². The molecule has 2 spiro atoms. The highest BCUT2D eigenvalue weighted by Crippen LogP contribution is 2.89. The van der Waals surface area contributed by atoms with Gasteiger partial charge >= 0.3 is 0 Å². The molecule has 0 bridgehead atoms. The zero-order valence-corrected chi connectivity index (χ0v) is 28.2. The summed E-state index contributed by atoms with van der Waals surface area (Å²) in [6, 6.07) is 0. The van der Waals surface area contributed by atoms with Crippen LogP contribution in [0.25, 0.3) is 0 Å². The minimum atomic E-state index is -1.46. The number of rotatable bonds is 8. The van der Waals surface area contributed by atoms with Gasteiger partial charge in [-0.15, -0.1) is 0 Å². The second-order valence-electron chi connectivity index (χ2n) is 17.4. The molecule has 1 saturated heterocycles. The van der Waals surface area contributed by atoms with Crippen molar-refractivity contribution in [3.05, 3.63) is 11.6 Å². The van der Waals surface area contributed by atoms with E-state index in [2.05, 4.69) is 40.7 Å². The standard InChI is InChI=1S/C36H60O9/c1-19(17-44-31-30(43)29(42)28(41)22(16-37)45-31)8-7-9-20(2)27-21(38)15-34(6)24-11-10-23-32(3,4)25(39)14-26(40)36(23)18-35(24,36)13-12-33(27,34)5/h8,20-31,37-43H,7,9-18H2,1-6H3/b19-8+/t20-,21+,22-,23+,24+,25+,26+,27+,28-,29+,30-,31-,33-,34+,35+,36-/m1/s1. The highest BCUT2D eigenvalue weighted by molar-refractivity contribution is 5.33. The fourth-order valence-corrected chi connectivity index (χ4v) is 12.7. The van der Waals surface area contributed by atoms with E-state index in [1.54, 1.807) is 0 Å². The topological polar surface area (TPSA) is 160 Å². The number of aliphatic hydroxyl groups excluding tert-OH is 7. The van der Waals surface area contributed by atoms with Gasteiger partial charge in [0.25, 0.3) is 0 Å². The number of ether oxygens (including phenoxy) is 2. The van der Waals surface area contributed by atoms with E-state index in [0.717, 1.165) is 56.9 Å². The van der Waals surface area contributed by atoms with E-state index in [-0.39, 0.29) is 45.7 Å². The SMILES string of the molecule is C/C(=C\CC[C@@H](C)[C@H]1[C@@H](O)C[C@@]2(C)[C@@H]3CC[C@H]4C(C)(C)[C@@H](O)C[C@H](O)[C@@]45C[C@@]35CC[C@]12C)CO[C@@H]1O[C@H](CO)[C@@H](O)[C@H](O)[C@H]1O. The summed E-state index contributed by atoms with van der Waals surface area (Å²) in [5.74, 6) is 1.33. The molecule has 0 aromatic heterocycles. The fourth-order valence-electron chi connectivity index (χ4n) is 12.7. The molecule has 0 aromatic carbocycles. The first-order valence-electron chi connectivity index (χ1n) is 17.6. The molecule has 45 heavy (non-hydrogen) atoms. The minimum Gasteiger partial charge on any atom is -0.394 e. The zero-order chi connectivity index (χ0) is 32.9. The van der Waals surface area contributed by atoms with E-state index in [1.165, 1.54) is 0 Å². The summed E-state index contributed by atoms with van der Waals surface area (Å²) in [5, 5.41) is 73.9. The summed E-state index contributed by atoms with van der Waals surface area (Å²) in [6.07, 6.45) is 2.90. The average Bonchev–Trinajstić information content (AvgIpc) is 3.62. The van der Waals surface area contributed by atoms with Crippen LogP contribution in [-0.4, -0.2) is 98.0 Å². The molecule has 0 aromatic rings. The van der Waals surface area contributed by atoms with E-state index < -0.39 is 49.5 Å². The lowest BCUT2D eigenvalue weighted by Crippen LogP contribution is -2.61. The average molecular weight is 637 g/mol. The van der Waals surface area contributed by atoms with Gasteiger partial charge in [-0.2, -0.15) is 0 Å². The van der Waals surface area contributed by atoms with E-state index in [9.17, 15) is 35.7 Å². The summed E-state index contributed by atoms with van der Waals surface area (Å²) in [7, 11) is 0. The maximum atomic E-state index is 11.7. The Morgan fingerprint density at radius 2 is 1.60 bits per heavy atom. The van der Waals surface area contributed by atoms with Gasteiger partial charge in [0.15, 0.2) is 6.29 Å². The van der Waals surface area contributed by atoms with Crippen molar-refractivity contribution in [2.75, 3.05) is 13.2 Å². The molecule has 5 aliphatic carbocycles. The molecule has 9 nitrogen and oxygen atoms in total. The van der Waals surface area contributed by atoms with Crippen molar-refractivity contribution in [1.82, 2.24) is 0 Å². The molecule has 6 aliphatic rings. The maximum Gasteiger partial charge on any atom is 0.187 e. The lowest BCUT2D eigenvalue weighted by atomic mass is 9.41. The molecular weight excluding hydrogens is 576 g/mol. The van der Waals surface area contributed by atoms with Crippen LogP contribution in [0.4, 0.5) is 0 Å². The second-order valence-corrected chi connectivity index (χ2v) is 17.4. The van der Waals surface area contributed by atoms with Gasteiger partial charge in [-0.25, -0.2) is 0 Å². The van der Waals surface area contributed by atoms with Gasteiger partial charge < -0.3 is 45.2 Å². The summed E-state index contributed by atoms with van der Waals surface area (Å²) in [4.78, 5) is 0. The third-order valence-electron chi connectivity index (χ3n) is 15.2. The number of hydrogen-bond acceptors (Lipinski definition) is 9. The Morgan fingerprint density at radius 3 is 2.29 bits per heavy atom. The van der Waals surface area contributed by atoms with Crippen LogP contribution < -0.4 is 0 Å². The highest BCUT2D eigenvalue weighted by Gasteiger charge is 2.85. The second kappa shape index (κ2) is 11.5. The van der Waals surface area contributed by atoms with E-state index >= 15 is 0 Å². The first kappa shape index (κ1) is 34.3. The molecule has 9 heteroatoms. The Balaban J connectivity index is 1.10. The van der Waals surface area contributed by atoms with Crippen LogP contribution >= 0.6 is 0 Å². The smallest absolute Gasteiger partial charge is 0.187 e. The van der Waals surface area contributed by atoms with Gasteiger partial charge in [-0.1, -0.05) is 46.3 Å². The van der Waals surface area contributed by atoms with Crippen molar-refractivity contribution >= 4 is 0 Å². The van der Waals surface area contributed by atoms with E-state index in [4.69, 9.17) is 9.47 Å². The monoisotopic (exact) mass is 636 g/mol. The normalized spacial score (nSPS) is 54.4. The zero-order valence-electron chi connectivity index (χ0n) is 28.2. The van der Waals surface area contributed by atoms with Crippen molar-refractivity contribution in [3.8, 4) is 0 Å². The molecule has 6 rings (SSSR count). The molecule has 1 heterocycles. The van der Waals surface area contributed by atoms with Crippen molar-refractivity contribution in [1.29, 1.82) is 0 Å². The molecule has 0 unspecified atom stereocenters. The Morgan fingerprint density at radius 1 is 0.911 bits per heavy atom. The van der Waals surface area contributed by atoms with E-state index in [0.29, 0.717) is 24.2 Å². The van der Waals surface area contributed by atoms with Crippen LogP contribution in [0.2, 0.25) is 0 Å². The molecule has 5 saturated carbocycles. The quantitative estimate of drug-likeness (QED) is 0.199. The number of aliphatic hydroxyl groups is 7. The van der Waals surface area contributed by atoms with Crippen molar-refractivity contribution in [2.45, 2.75) is 148 Å². The third kappa shape index (κ3) is 4.73. The molecule has 7 N–H and O–H groups in total. The molecule has 0 amide bonds. The van der Waals surface area contributed by atoms with Crippen molar-refractivity contribution in [2.24, 2.45) is 50.7 Å². The van der Waals surface area contributed by atoms with Gasteiger partial charge in [-0.05, 0) is 104 Å². The van der Waals surface area contributed by atoms with Crippen LogP contribution in [0.1, 0.15) is 99.3 Å². The van der Waals surface area contributed by atoms with Gasteiger partial charge in [0.05, 0.1) is 31.5 Å². The predicted molar refractivity (Wildman–Crippen MR) is 168 cm³/mol. The Labute approximate surface area is 269 Å². The number of allylic oxidation sites excluding steroid dienone is 1. The first-order chi connectivity index (χ1) is 21.0. The van der Waals surface area contributed by atoms with Crippen LogP contribution in [0.15, 0.2) is 11.6 Å². The summed E-state index contributed by atoms with van der Waals surface area (Å²) in [5.41, 5.74) is 0.822. The van der Waals surface area contributed by atoms with Crippen LogP contribution in [0, 0.1) is 50.7 Å². The minimum absolute atomic E-state index is 0.00296. The van der Waals surface area contributed by atoms with Crippen LogP contribution in [0.3, 0.4) is 0 Å². The fraction of sp³-hybridized carbons (Fsp3) is 0.944. The highest BCUT2D eigenvalue weighted by atomic mass is 16.7. The molecule has 16 atom stereocenters. The number of hydrogen-bond donors (Lipinski definition) is 7.